The average molecular weight is 569 g/mol. The van der Waals surface area contributed by atoms with Crippen LogP contribution in [0.25, 0.3) is 11.3 Å². The summed E-state index contributed by atoms with van der Waals surface area (Å²) in [6.07, 6.45) is 10.1. The van der Waals surface area contributed by atoms with E-state index in [2.05, 4.69) is 6.07 Å². The van der Waals surface area contributed by atoms with Gasteiger partial charge in [0.1, 0.15) is 11.6 Å². The Kier molecular flexibility index (Phi) is 12.0. The number of carbonyl (C=O) groups excluding carboxylic acids is 2. The Morgan fingerprint density at radius 2 is 1.79 bits per heavy atom. The molecule has 220 valence electrons. The summed E-state index contributed by atoms with van der Waals surface area (Å²) in [5, 5.41) is 18.6. The van der Waals surface area contributed by atoms with Crippen molar-refractivity contribution < 1.29 is 19.1 Å². The SMILES string of the molecule is N#Cc1ccccc1-c1ccc(C(=O)CCC[C@H]2CCCC(C(=O)CCCO)C2)c(CCCCc2cccc(F)c2)n1. The summed E-state index contributed by atoms with van der Waals surface area (Å²) in [4.78, 5) is 30.8. The number of aryl methyl sites for hydroxylation is 2. The van der Waals surface area contributed by atoms with E-state index in [4.69, 9.17) is 10.1 Å². The average Bonchev–Trinajstić information content (AvgIpc) is 3.02. The maximum atomic E-state index is 13.6. The largest absolute Gasteiger partial charge is 0.396 e. The first-order valence-corrected chi connectivity index (χ1v) is 15.4. The first-order valence-electron chi connectivity index (χ1n) is 15.4. The Bertz CT molecular complexity index is 1400. The summed E-state index contributed by atoms with van der Waals surface area (Å²) in [5.74, 6) is 0.672. The third kappa shape index (κ3) is 8.90. The summed E-state index contributed by atoms with van der Waals surface area (Å²) in [6, 6.07) is 19.9. The summed E-state index contributed by atoms with van der Waals surface area (Å²) >= 11 is 0. The van der Waals surface area contributed by atoms with E-state index in [1.807, 2.05) is 36.4 Å². The Labute approximate surface area is 248 Å². The first kappa shape index (κ1) is 31.3. The number of pyridine rings is 1. The number of rotatable bonds is 15. The monoisotopic (exact) mass is 568 g/mol. The van der Waals surface area contributed by atoms with Crippen LogP contribution in [0.3, 0.4) is 0 Å². The van der Waals surface area contributed by atoms with Crippen molar-refractivity contribution in [3.63, 3.8) is 0 Å². The molecule has 1 N–H and O–H groups in total. The minimum atomic E-state index is -0.233. The van der Waals surface area contributed by atoms with Crippen molar-refractivity contribution >= 4 is 11.6 Å². The molecule has 1 unspecified atom stereocenters. The van der Waals surface area contributed by atoms with Gasteiger partial charge in [-0.2, -0.15) is 5.26 Å². The molecule has 1 fully saturated rings. The van der Waals surface area contributed by atoms with Gasteiger partial charge in [-0.1, -0.05) is 43.2 Å². The van der Waals surface area contributed by atoms with E-state index in [1.54, 1.807) is 18.2 Å². The van der Waals surface area contributed by atoms with E-state index in [0.29, 0.717) is 48.4 Å². The molecular weight excluding hydrogens is 527 g/mol. The lowest BCUT2D eigenvalue weighted by Crippen LogP contribution is -2.23. The lowest BCUT2D eigenvalue weighted by molar-refractivity contribution is -0.124. The molecule has 0 amide bonds. The standard InChI is InChI=1S/C36H41FN2O3/c37-30-15-6-11-27(24-30)9-1-4-17-33-32(20-21-34(39-33)31-16-3-2-13-29(31)25-38)36(42)18-7-12-26-10-5-14-28(23-26)35(41)19-8-22-40/h2-3,6,11,13,15-16,20-21,24,26,28,40H,1,4-5,7-10,12,14,17-19,22-23H2/t26-,28?/m1/s1. The zero-order chi connectivity index (χ0) is 29.7. The maximum absolute atomic E-state index is 13.6. The molecule has 1 aliphatic rings. The number of aromatic nitrogens is 1. The van der Waals surface area contributed by atoms with E-state index >= 15 is 0 Å². The van der Waals surface area contributed by atoms with Crippen molar-refractivity contribution in [1.29, 1.82) is 5.26 Å². The fourth-order valence-corrected chi connectivity index (χ4v) is 6.20. The molecule has 42 heavy (non-hydrogen) atoms. The van der Waals surface area contributed by atoms with Crippen molar-refractivity contribution in [3.05, 3.63) is 88.9 Å². The number of halogens is 1. The van der Waals surface area contributed by atoms with E-state index in [9.17, 15) is 19.2 Å². The lowest BCUT2D eigenvalue weighted by Gasteiger charge is -2.28. The van der Waals surface area contributed by atoms with Gasteiger partial charge in [0.2, 0.25) is 0 Å². The third-order valence-corrected chi connectivity index (χ3v) is 8.45. The summed E-state index contributed by atoms with van der Waals surface area (Å²) in [6.45, 7) is 0.0552. The number of nitrogens with zero attached hydrogens (tertiary/aromatic N) is 2. The fraction of sp³-hybridized carbons (Fsp3) is 0.444. The summed E-state index contributed by atoms with van der Waals surface area (Å²) in [7, 11) is 0. The van der Waals surface area contributed by atoms with E-state index in [-0.39, 0.29) is 29.9 Å². The van der Waals surface area contributed by atoms with Gasteiger partial charge in [-0.05, 0) is 99.6 Å². The van der Waals surface area contributed by atoms with Crippen LogP contribution in [0.1, 0.15) is 97.8 Å². The van der Waals surface area contributed by atoms with Crippen LogP contribution in [-0.4, -0.2) is 28.3 Å². The van der Waals surface area contributed by atoms with Crippen LogP contribution in [-0.2, 0) is 17.6 Å². The van der Waals surface area contributed by atoms with E-state index < -0.39 is 0 Å². The topological polar surface area (TPSA) is 91.0 Å². The molecule has 0 radical (unpaired) electrons. The van der Waals surface area contributed by atoms with Gasteiger partial charge in [0.15, 0.2) is 5.78 Å². The van der Waals surface area contributed by atoms with Crippen molar-refractivity contribution in [2.24, 2.45) is 11.8 Å². The van der Waals surface area contributed by atoms with Gasteiger partial charge in [0, 0.05) is 36.5 Å². The molecule has 5 nitrogen and oxygen atoms in total. The van der Waals surface area contributed by atoms with Crippen molar-refractivity contribution in [1.82, 2.24) is 4.98 Å². The fourth-order valence-electron chi connectivity index (χ4n) is 6.20. The van der Waals surface area contributed by atoms with Crippen molar-refractivity contribution in [3.8, 4) is 17.3 Å². The van der Waals surface area contributed by atoms with Crippen LogP contribution in [0.2, 0.25) is 0 Å². The Hall–Kier alpha value is -3.69. The highest BCUT2D eigenvalue weighted by atomic mass is 19.1. The molecule has 0 aliphatic heterocycles. The Morgan fingerprint density at radius 1 is 0.952 bits per heavy atom. The second-order valence-electron chi connectivity index (χ2n) is 11.5. The lowest BCUT2D eigenvalue weighted by atomic mass is 9.76. The molecule has 4 rings (SSSR count). The van der Waals surface area contributed by atoms with Crippen molar-refractivity contribution in [2.75, 3.05) is 6.61 Å². The van der Waals surface area contributed by atoms with Gasteiger partial charge in [-0.15, -0.1) is 0 Å². The van der Waals surface area contributed by atoms with Crippen molar-refractivity contribution in [2.45, 2.75) is 83.5 Å². The summed E-state index contributed by atoms with van der Waals surface area (Å²) < 4.78 is 13.6. The predicted molar refractivity (Wildman–Crippen MR) is 162 cm³/mol. The van der Waals surface area contributed by atoms with Crippen LogP contribution in [0.5, 0.6) is 0 Å². The molecule has 0 saturated heterocycles. The number of nitriles is 1. The molecule has 1 aromatic heterocycles. The number of benzene rings is 2. The zero-order valence-corrected chi connectivity index (χ0v) is 24.4. The van der Waals surface area contributed by atoms with Crippen LogP contribution >= 0.6 is 0 Å². The molecular formula is C36H41FN2O3. The molecule has 6 heteroatoms. The molecule has 1 aliphatic carbocycles. The molecule has 3 aromatic rings. The molecule has 2 aromatic carbocycles. The number of hydrogen-bond acceptors (Lipinski definition) is 5. The number of hydrogen-bond donors (Lipinski definition) is 1. The van der Waals surface area contributed by atoms with Gasteiger partial charge in [-0.25, -0.2) is 4.39 Å². The number of aliphatic hydroxyl groups is 1. The van der Waals surface area contributed by atoms with Gasteiger partial charge in [0.25, 0.3) is 0 Å². The van der Waals surface area contributed by atoms with Gasteiger partial charge >= 0.3 is 0 Å². The van der Waals surface area contributed by atoms with E-state index in [1.165, 1.54) is 6.07 Å². The highest BCUT2D eigenvalue weighted by molar-refractivity contribution is 5.97. The van der Waals surface area contributed by atoms with Gasteiger partial charge < -0.3 is 5.11 Å². The van der Waals surface area contributed by atoms with Crippen LogP contribution in [0.15, 0.2) is 60.7 Å². The molecule has 1 heterocycles. The smallest absolute Gasteiger partial charge is 0.164 e. The quantitative estimate of drug-likeness (QED) is 0.149. The minimum absolute atomic E-state index is 0.0552. The predicted octanol–water partition coefficient (Wildman–Crippen LogP) is 7.83. The number of Topliss-reactive ketones (excluding diaryl/α,β-unsaturated/α-hetero) is 2. The molecule has 0 bridgehead atoms. The first-order chi connectivity index (χ1) is 20.5. The van der Waals surface area contributed by atoms with Crippen LogP contribution < -0.4 is 0 Å². The number of aliphatic hydroxyl groups excluding tert-OH is 1. The highest BCUT2D eigenvalue weighted by Crippen LogP contribution is 2.34. The third-order valence-electron chi connectivity index (χ3n) is 8.45. The molecule has 0 spiro atoms. The second kappa shape index (κ2) is 16.1. The number of carbonyl (C=O) groups is 2. The Morgan fingerprint density at radius 3 is 2.60 bits per heavy atom. The van der Waals surface area contributed by atoms with E-state index in [0.717, 1.165) is 74.6 Å². The molecule has 2 atom stereocenters. The van der Waals surface area contributed by atoms with Crippen LogP contribution in [0.4, 0.5) is 4.39 Å². The molecule has 1 saturated carbocycles. The number of ketones is 2. The van der Waals surface area contributed by atoms with Gasteiger partial charge in [-0.3, -0.25) is 14.6 Å². The second-order valence-corrected chi connectivity index (χ2v) is 11.5. The number of unbranched alkanes of at least 4 members (excludes halogenated alkanes) is 1. The Balaban J connectivity index is 1.40. The maximum Gasteiger partial charge on any atom is 0.164 e. The zero-order valence-electron chi connectivity index (χ0n) is 24.4. The van der Waals surface area contributed by atoms with Gasteiger partial charge in [0.05, 0.1) is 23.0 Å². The normalized spacial score (nSPS) is 16.6. The van der Waals surface area contributed by atoms with Crippen LogP contribution in [0, 0.1) is 29.0 Å². The highest BCUT2D eigenvalue weighted by Gasteiger charge is 2.26. The summed E-state index contributed by atoms with van der Waals surface area (Å²) in [5.41, 5.74) is 4.32. The minimum Gasteiger partial charge on any atom is -0.396 e.